The van der Waals surface area contributed by atoms with Crippen LogP contribution >= 0.6 is 0 Å². The van der Waals surface area contributed by atoms with Crippen LogP contribution < -0.4 is 5.32 Å². The number of allylic oxidation sites excluding steroid dienone is 1. The maximum atomic E-state index is 5.66. The maximum Gasteiger partial charge on any atom is 0.189 e. The molecule has 2 nitrogen and oxygen atoms in total. The summed E-state index contributed by atoms with van der Waals surface area (Å²) in [6.45, 7) is 10.6. The van der Waals surface area contributed by atoms with Gasteiger partial charge in [-0.3, -0.25) is 0 Å². The van der Waals surface area contributed by atoms with Crippen molar-refractivity contribution in [3.05, 3.63) is 24.4 Å². The van der Waals surface area contributed by atoms with Gasteiger partial charge < -0.3 is 10.1 Å². The number of hydrogen-bond donors (Lipinski definition) is 1. The third-order valence-corrected chi connectivity index (χ3v) is 5.67. The summed E-state index contributed by atoms with van der Waals surface area (Å²) >= 11 is 0. The van der Waals surface area contributed by atoms with E-state index in [0.29, 0.717) is 5.88 Å². The Balaban J connectivity index is 1.83. The van der Waals surface area contributed by atoms with Crippen LogP contribution in [0.1, 0.15) is 124 Å². The third kappa shape index (κ3) is 10.9. The van der Waals surface area contributed by atoms with E-state index < -0.39 is 0 Å². The van der Waals surface area contributed by atoms with E-state index in [0.717, 1.165) is 5.76 Å². The summed E-state index contributed by atoms with van der Waals surface area (Å²) in [6.07, 6.45) is 24.4. The van der Waals surface area contributed by atoms with E-state index in [4.69, 9.17) is 4.74 Å². The molecular weight excluding hydrogens is 318 g/mol. The molecule has 1 aliphatic rings. The van der Waals surface area contributed by atoms with Gasteiger partial charge in [0.1, 0.15) is 5.76 Å². The maximum absolute atomic E-state index is 5.66. The van der Waals surface area contributed by atoms with Gasteiger partial charge in [-0.05, 0) is 13.0 Å². The Bertz CT molecular complexity index is 397. The molecule has 0 aliphatic carbocycles. The third-order valence-electron chi connectivity index (χ3n) is 5.67. The second-order valence-corrected chi connectivity index (χ2v) is 8.76. The van der Waals surface area contributed by atoms with Crippen molar-refractivity contribution in [2.45, 2.75) is 124 Å². The van der Waals surface area contributed by atoms with E-state index in [-0.39, 0.29) is 5.41 Å². The molecule has 0 spiro atoms. The molecule has 1 heterocycles. The molecule has 0 saturated heterocycles. The summed E-state index contributed by atoms with van der Waals surface area (Å²) in [5.74, 6) is 1.69. The van der Waals surface area contributed by atoms with E-state index >= 15 is 0 Å². The second kappa shape index (κ2) is 14.2. The summed E-state index contributed by atoms with van der Waals surface area (Å²) in [5.41, 5.74) is 0.114. The van der Waals surface area contributed by atoms with E-state index in [1.54, 1.807) is 0 Å². The fourth-order valence-electron chi connectivity index (χ4n) is 3.73. The molecule has 0 bridgehead atoms. The predicted octanol–water partition coefficient (Wildman–Crippen LogP) is 8.21. The molecule has 0 atom stereocenters. The summed E-state index contributed by atoms with van der Waals surface area (Å²) < 4.78 is 5.66. The average molecular weight is 364 g/mol. The lowest BCUT2D eigenvalue weighted by atomic mass is 9.85. The first-order valence-electron chi connectivity index (χ1n) is 11.4. The van der Waals surface area contributed by atoms with E-state index in [2.05, 4.69) is 32.7 Å². The van der Waals surface area contributed by atoms with E-state index in [9.17, 15) is 0 Å². The topological polar surface area (TPSA) is 21.3 Å². The first-order chi connectivity index (χ1) is 12.6. The Hall–Kier alpha value is -0.920. The highest BCUT2D eigenvalue weighted by atomic mass is 16.5. The Morgan fingerprint density at radius 2 is 1.19 bits per heavy atom. The fourth-order valence-corrected chi connectivity index (χ4v) is 3.73. The molecule has 0 amide bonds. The smallest absolute Gasteiger partial charge is 0.189 e. The van der Waals surface area contributed by atoms with Crippen molar-refractivity contribution < 1.29 is 4.74 Å². The summed E-state index contributed by atoms with van der Waals surface area (Å²) in [6, 6.07) is 0. The van der Waals surface area contributed by atoms with Crippen molar-refractivity contribution in [3.8, 4) is 0 Å². The lowest BCUT2D eigenvalue weighted by Gasteiger charge is -2.24. The Morgan fingerprint density at radius 1 is 0.769 bits per heavy atom. The highest BCUT2D eigenvalue weighted by Gasteiger charge is 2.28. The van der Waals surface area contributed by atoms with Gasteiger partial charge in [-0.2, -0.15) is 0 Å². The zero-order valence-electron chi connectivity index (χ0n) is 18.0. The van der Waals surface area contributed by atoms with Crippen molar-refractivity contribution in [3.63, 3.8) is 0 Å². The van der Waals surface area contributed by atoms with Crippen LogP contribution in [0.4, 0.5) is 0 Å². The minimum Gasteiger partial charge on any atom is -0.444 e. The zero-order chi connectivity index (χ0) is 19.1. The molecule has 0 aromatic heterocycles. The normalized spacial score (nSPS) is 14.3. The van der Waals surface area contributed by atoms with Crippen molar-refractivity contribution in [1.82, 2.24) is 5.32 Å². The minimum absolute atomic E-state index is 0.114. The quantitative estimate of drug-likeness (QED) is 0.263. The summed E-state index contributed by atoms with van der Waals surface area (Å²) in [5, 5.41) is 3.05. The zero-order valence-corrected chi connectivity index (χ0v) is 18.0. The van der Waals surface area contributed by atoms with Crippen molar-refractivity contribution >= 4 is 0 Å². The molecule has 1 aliphatic heterocycles. The molecule has 1 N–H and O–H groups in total. The molecule has 0 unspecified atom stereocenters. The van der Waals surface area contributed by atoms with Gasteiger partial charge in [-0.15, -0.1) is 0 Å². The van der Waals surface area contributed by atoms with Crippen LogP contribution in [0.25, 0.3) is 0 Å². The summed E-state index contributed by atoms with van der Waals surface area (Å²) in [7, 11) is 0. The van der Waals surface area contributed by atoms with Gasteiger partial charge in [0.25, 0.3) is 0 Å². The van der Waals surface area contributed by atoms with Crippen LogP contribution in [0.2, 0.25) is 0 Å². The fraction of sp³-hybridized carbons (Fsp3) is 0.833. The highest BCUT2D eigenvalue weighted by molar-refractivity contribution is 5.14. The highest BCUT2D eigenvalue weighted by Crippen LogP contribution is 2.35. The van der Waals surface area contributed by atoms with Gasteiger partial charge in [-0.25, -0.2) is 0 Å². The first kappa shape index (κ1) is 23.1. The van der Waals surface area contributed by atoms with Crippen LogP contribution in [0.3, 0.4) is 0 Å². The number of nitrogens with one attached hydrogen (secondary N) is 1. The molecule has 0 radical (unpaired) electrons. The standard InChI is InChI=1S/C24H45NO/c1-5-6-7-8-9-10-11-12-13-14-15-16-17-18-19-20-24(3,4)23-21-25-22(2)26-23/h21,25H,2,5-20H2,1,3-4H3. The minimum atomic E-state index is 0.114. The first-order valence-corrected chi connectivity index (χ1v) is 11.4. The number of rotatable bonds is 17. The molecule has 0 fully saturated rings. The van der Waals surface area contributed by atoms with Crippen molar-refractivity contribution in [2.75, 3.05) is 0 Å². The van der Waals surface area contributed by atoms with Crippen LogP contribution in [0, 0.1) is 5.41 Å². The molecule has 152 valence electrons. The molecule has 0 saturated carbocycles. The number of ether oxygens (including phenoxy) is 1. The van der Waals surface area contributed by atoms with Gasteiger partial charge in [0.15, 0.2) is 5.88 Å². The van der Waals surface area contributed by atoms with Gasteiger partial charge in [0, 0.05) is 11.6 Å². The Kier molecular flexibility index (Phi) is 12.6. The van der Waals surface area contributed by atoms with Gasteiger partial charge >= 0.3 is 0 Å². The van der Waals surface area contributed by atoms with Crippen LogP contribution in [-0.4, -0.2) is 0 Å². The lowest BCUT2D eigenvalue weighted by molar-refractivity contribution is 0.204. The van der Waals surface area contributed by atoms with Gasteiger partial charge in [0.2, 0.25) is 0 Å². The molecule has 2 heteroatoms. The molecular formula is C24H45NO. The van der Waals surface area contributed by atoms with Crippen LogP contribution in [-0.2, 0) is 4.74 Å². The van der Waals surface area contributed by atoms with Crippen molar-refractivity contribution in [2.24, 2.45) is 5.41 Å². The predicted molar refractivity (Wildman–Crippen MR) is 115 cm³/mol. The van der Waals surface area contributed by atoms with Crippen LogP contribution in [0.15, 0.2) is 24.4 Å². The van der Waals surface area contributed by atoms with Crippen LogP contribution in [0.5, 0.6) is 0 Å². The Morgan fingerprint density at radius 3 is 1.58 bits per heavy atom. The summed E-state index contributed by atoms with van der Waals surface area (Å²) in [4.78, 5) is 0. The SMILES string of the molecule is C=C1NC=C(C(C)(C)CCCCCCCCCCCCCCCCC)O1. The van der Waals surface area contributed by atoms with Gasteiger partial charge in [-0.1, -0.05) is 117 Å². The van der Waals surface area contributed by atoms with Gasteiger partial charge in [0.05, 0.1) is 0 Å². The molecule has 26 heavy (non-hydrogen) atoms. The molecule has 0 aromatic rings. The second-order valence-electron chi connectivity index (χ2n) is 8.76. The van der Waals surface area contributed by atoms with E-state index in [1.807, 2.05) is 6.20 Å². The molecule has 1 rings (SSSR count). The number of hydrogen-bond acceptors (Lipinski definition) is 2. The number of unbranched alkanes of at least 4 members (excludes halogenated alkanes) is 14. The van der Waals surface area contributed by atoms with E-state index in [1.165, 1.54) is 103 Å². The Labute approximate surface area is 163 Å². The largest absolute Gasteiger partial charge is 0.444 e. The lowest BCUT2D eigenvalue weighted by Crippen LogP contribution is -2.14. The molecule has 0 aromatic carbocycles. The van der Waals surface area contributed by atoms with Crippen molar-refractivity contribution in [1.29, 1.82) is 0 Å². The average Bonchev–Trinajstić information content (AvgIpc) is 3.06. The monoisotopic (exact) mass is 363 g/mol.